The second-order valence-electron chi connectivity index (χ2n) is 5.45. The van der Waals surface area contributed by atoms with Gasteiger partial charge in [-0.3, -0.25) is 14.9 Å². The standard InChI is InChI=1S/C16H11F5N2O3S/c1-6-3-8(9(23(25)26)4-7(6)2)22-10(24)5-27-16-14(20)12(18)11(17)13(19)15(16)21/h3-4H,5H2,1-2H3,(H,22,24). The Labute approximate surface area is 153 Å². The molecule has 0 fully saturated rings. The van der Waals surface area contributed by atoms with E-state index in [0.29, 0.717) is 11.1 Å². The summed E-state index contributed by atoms with van der Waals surface area (Å²) in [6, 6.07) is 2.58. The number of nitrogens with zero attached hydrogens (tertiary/aromatic N) is 1. The first kappa shape index (κ1) is 20.6. The van der Waals surface area contributed by atoms with Gasteiger partial charge in [-0.2, -0.15) is 0 Å². The summed E-state index contributed by atoms with van der Waals surface area (Å²) in [5, 5.41) is 13.3. The number of nitrogens with one attached hydrogen (secondary N) is 1. The van der Waals surface area contributed by atoms with Crippen LogP contribution in [0.5, 0.6) is 0 Å². The van der Waals surface area contributed by atoms with Gasteiger partial charge in [-0.05, 0) is 31.0 Å². The molecule has 11 heteroatoms. The van der Waals surface area contributed by atoms with Crippen molar-refractivity contribution in [2.45, 2.75) is 18.7 Å². The maximum Gasteiger partial charge on any atom is 0.293 e. The molecule has 0 bridgehead atoms. The third kappa shape index (κ3) is 4.18. The number of nitro groups is 1. The van der Waals surface area contributed by atoms with Crippen LogP contribution < -0.4 is 5.32 Å². The van der Waals surface area contributed by atoms with Gasteiger partial charge in [0.15, 0.2) is 23.3 Å². The number of nitro benzene ring substituents is 1. The van der Waals surface area contributed by atoms with Crippen LogP contribution in [0, 0.1) is 53.0 Å². The van der Waals surface area contributed by atoms with Crippen LogP contribution in [0.25, 0.3) is 0 Å². The van der Waals surface area contributed by atoms with Crippen molar-refractivity contribution in [1.29, 1.82) is 0 Å². The molecule has 0 unspecified atom stereocenters. The van der Waals surface area contributed by atoms with Gasteiger partial charge in [0.1, 0.15) is 5.69 Å². The van der Waals surface area contributed by atoms with E-state index in [2.05, 4.69) is 5.32 Å². The van der Waals surface area contributed by atoms with Crippen molar-refractivity contribution in [3.8, 4) is 0 Å². The average Bonchev–Trinajstić information content (AvgIpc) is 2.60. The summed E-state index contributed by atoms with van der Waals surface area (Å²) in [5.74, 6) is -12.3. The minimum absolute atomic E-state index is 0.0811. The lowest BCUT2D eigenvalue weighted by molar-refractivity contribution is -0.384. The lowest BCUT2D eigenvalue weighted by Gasteiger charge is -2.10. The lowest BCUT2D eigenvalue weighted by atomic mass is 10.1. The molecule has 0 atom stereocenters. The quantitative estimate of drug-likeness (QED) is 0.196. The van der Waals surface area contributed by atoms with Crippen LogP contribution in [0.3, 0.4) is 0 Å². The molecule has 0 aromatic heterocycles. The molecule has 0 saturated carbocycles. The van der Waals surface area contributed by atoms with Gasteiger partial charge in [0.05, 0.1) is 15.6 Å². The fraction of sp³-hybridized carbons (Fsp3) is 0.188. The molecule has 5 nitrogen and oxygen atoms in total. The Kier molecular flexibility index (Phi) is 6.04. The van der Waals surface area contributed by atoms with E-state index in [1.54, 1.807) is 13.8 Å². The van der Waals surface area contributed by atoms with Crippen LogP contribution in [0.1, 0.15) is 11.1 Å². The summed E-state index contributed by atoms with van der Waals surface area (Å²) in [7, 11) is 0. The molecular weight excluding hydrogens is 395 g/mol. The summed E-state index contributed by atoms with van der Waals surface area (Å²) in [6.45, 7) is 3.28. The Bertz CT molecular complexity index is 923. The smallest absolute Gasteiger partial charge is 0.293 e. The summed E-state index contributed by atoms with van der Waals surface area (Å²) in [5.41, 5.74) is 0.706. The molecule has 0 heterocycles. The second kappa shape index (κ2) is 7.91. The molecule has 0 aliphatic carbocycles. The number of benzene rings is 2. The van der Waals surface area contributed by atoms with Crippen molar-refractivity contribution >= 4 is 29.0 Å². The highest BCUT2D eigenvalue weighted by atomic mass is 32.2. The predicted molar refractivity (Wildman–Crippen MR) is 88.2 cm³/mol. The van der Waals surface area contributed by atoms with Crippen molar-refractivity contribution in [3.05, 3.63) is 62.5 Å². The molecule has 1 N–H and O–H groups in total. The first-order valence-electron chi connectivity index (χ1n) is 7.24. The van der Waals surface area contributed by atoms with Gasteiger partial charge in [0.2, 0.25) is 11.7 Å². The Hall–Kier alpha value is -2.69. The summed E-state index contributed by atoms with van der Waals surface area (Å²) >= 11 is 0.0811. The molecule has 144 valence electrons. The number of halogens is 5. The van der Waals surface area contributed by atoms with Crippen LogP contribution in [0.15, 0.2) is 17.0 Å². The van der Waals surface area contributed by atoms with E-state index in [0.717, 1.165) is 0 Å². The highest BCUT2D eigenvalue weighted by Gasteiger charge is 2.26. The molecule has 2 aromatic rings. The number of carbonyl (C=O) groups excluding carboxylic acids is 1. The lowest BCUT2D eigenvalue weighted by Crippen LogP contribution is -2.16. The maximum absolute atomic E-state index is 13.6. The van der Waals surface area contributed by atoms with Crippen LogP contribution in [0.4, 0.5) is 33.3 Å². The van der Waals surface area contributed by atoms with Gasteiger partial charge in [0.25, 0.3) is 5.69 Å². The first-order valence-corrected chi connectivity index (χ1v) is 8.22. The zero-order valence-electron chi connectivity index (χ0n) is 13.8. The highest BCUT2D eigenvalue weighted by molar-refractivity contribution is 8.00. The molecule has 2 rings (SSSR count). The number of anilines is 1. The fourth-order valence-electron chi connectivity index (χ4n) is 2.09. The number of thioether (sulfide) groups is 1. The maximum atomic E-state index is 13.6. The Morgan fingerprint density at radius 3 is 2.00 bits per heavy atom. The van der Waals surface area contributed by atoms with Crippen molar-refractivity contribution < 1.29 is 31.7 Å². The third-order valence-corrected chi connectivity index (χ3v) is 4.65. The van der Waals surface area contributed by atoms with Crippen LogP contribution in [-0.4, -0.2) is 16.6 Å². The average molecular weight is 406 g/mol. The minimum atomic E-state index is -2.30. The molecule has 0 spiro atoms. The number of carbonyl (C=O) groups is 1. The van der Waals surface area contributed by atoms with Gasteiger partial charge in [-0.15, -0.1) is 11.8 Å². The van der Waals surface area contributed by atoms with Gasteiger partial charge in [0, 0.05) is 6.07 Å². The van der Waals surface area contributed by atoms with E-state index in [-0.39, 0.29) is 17.4 Å². The minimum Gasteiger partial charge on any atom is -0.320 e. The summed E-state index contributed by atoms with van der Waals surface area (Å²) in [6.07, 6.45) is 0. The van der Waals surface area contributed by atoms with Crippen LogP contribution in [-0.2, 0) is 4.79 Å². The van der Waals surface area contributed by atoms with E-state index >= 15 is 0 Å². The number of rotatable bonds is 5. The van der Waals surface area contributed by atoms with Crippen LogP contribution >= 0.6 is 11.8 Å². The van der Waals surface area contributed by atoms with E-state index in [1.165, 1.54) is 12.1 Å². The number of aryl methyl sites for hydroxylation is 2. The van der Waals surface area contributed by atoms with Gasteiger partial charge < -0.3 is 5.32 Å². The molecule has 1 amide bonds. The Morgan fingerprint density at radius 2 is 1.48 bits per heavy atom. The zero-order chi connectivity index (χ0) is 20.5. The predicted octanol–water partition coefficient (Wildman–Crippen LogP) is 4.64. The van der Waals surface area contributed by atoms with E-state index in [4.69, 9.17) is 0 Å². The molecule has 0 saturated heterocycles. The molecule has 27 heavy (non-hydrogen) atoms. The van der Waals surface area contributed by atoms with Gasteiger partial charge >= 0.3 is 0 Å². The van der Waals surface area contributed by atoms with Crippen molar-refractivity contribution in [1.82, 2.24) is 0 Å². The zero-order valence-corrected chi connectivity index (χ0v) is 14.6. The third-order valence-electron chi connectivity index (χ3n) is 3.60. The summed E-state index contributed by atoms with van der Waals surface area (Å²) in [4.78, 5) is 21.1. The Morgan fingerprint density at radius 1 is 1.00 bits per heavy atom. The topological polar surface area (TPSA) is 72.2 Å². The number of hydrogen-bond donors (Lipinski definition) is 1. The number of amides is 1. The molecule has 2 aromatic carbocycles. The van der Waals surface area contributed by atoms with Crippen molar-refractivity contribution in [2.24, 2.45) is 0 Å². The number of hydrogen-bond acceptors (Lipinski definition) is 4. The normalized spacial score (nSPS) is 10.8. The second-order valence-corrected chi connectivity index (χ2v) is 6.43. The van der Waals surface area contributed by atoms with E-state index < -0.39 is 56.3 Å². The van der Waals surface area contributed by atoms with Crippen molar-refractivity contribution in [2.75, 3.05) is 11.1 Å². The summed E-state index contributed by atoms with van der Waals surface area (Å²) < 4.78 is 66.5. The van der Waals surface area contributed by atoms with E-state index in [9.17, 15) is 36.9 Å². The van der Waals surface area contributed by atoms with Crippen LogP contribution in [0.2, 0.25) is 0 Å². The monoisotopic (exact) mass is 406 g/mol. The molecular formula is C16H11F5N2O3S. The van der Waals surface area contributed by atoms with Crippen molar-refractivity contribution in [3.63, 3.8) is 0 Å². The highest BCUT2D eigenvalue weighted by Crippen LogP contribution is 2.32. The molecule has 0 radical (unpaired) electrons. The Balaban J connectivity index is 2.22. The molecule has 0 aliphatic rings. The SMILES string of the molecule is Cc1cc(NC(=O)CSc2c(F)c(F)c(F)c(F)c2F)c([N+](=O)[O-])cc1C. The first-order chi connectivity index (χ1) is 12.5. The van der Waals surface area contributed by atoms with Gasteiger partial charge in [-0.25, -0.2) is 22.0 Å². The fourth-order valence-corrected chi connectivity index (χ4v) is 2.87. The van der Waals surface area contributed by atoms with E-state index in [1.807, 2.05) is 0 Å². The molecule has 0 aliphatic heterocycles. The largest absolute Gasteiger partial charge is 0.320 e. The van der Waals surface area contributed by atoms with Gasteiger partial charge in [-0.1, -0.05) is 0 Å².